The molecule has 1 aromatic heterocycles. The van der Waals surface area contributed by atoms with Crippen molar-refractivity contribution in [2.75, 3.05) is 11.5 Å². The first kappa shape index (κ1) is 24.3. The van der Waals surface area contributed by atoms with E-state index in [2.05, 4.69) is 17.4 Å². The van der Waals surface area contributed by atoms with Crippen LogP contribution in [0.15, 0.2) is 83.0 Å². The van der Waals surface area contributed by atoms with Gasteiger partial charge in [-0.05, 0) is 74.7 Å². The van der Waals surface area contributed by atoms with Crippen molar-refractivity contribution in [1.82, 2.24) is 15.5 Å². The van der Waals surface area contributed by atoms with E-state index in [0.717, 1.165) is 45.8 Å². The fourth-order valence-corrected chi connectivity index (χ4v) is 4.54. The van der Waals surface area contributed by atoms with Crippen LogP contribution in [-0.4, -0.2) is 22.8 Å². The molecule has 7 nitrogen and oxygen atoms in total. The van der Waals surface area contributed by atoms with E-state index in [1.54, 1.807) is 4.90 Å². The van der Waals surface area contributed by atoms with Crippen molar-refractivity contribution >= 4 is 17.3 Å². The highest BCUT2D eigenvalue weighted by molar-refractivity contribution is 6.01. The molecule has 1 aliphatic rings. The van der Waals surface area contributed by atoms with Crippen LogP contribution >= 0.6 is 0 Å². The average molecular weight is 495 g/mol. The van der Waals surface area contributed by atoms with Crippen LogP contribution in [0, 0.1) is 6.92 Å². The maximum absolute atomic E-state index is 13.4. The van der Waals surface area contributed by atoms with Crippen molar-refractivity contribution in [3.05, 3.63) is 101 Å². The van der Waals surface area contributed by atoms with Crippen LogP contribution < -0.4 is 15.0 Å². The first-order chi connectivity index (χ1) is 18.0. The molecular formula is C30H30N4O3. The largest absolute Gasteiger partial charge is 0.494 e. The molecule has 0 fully saturated rings. The van der Waals surface area contributed by atoms with E-state index in [-0.39, 0.29) is 6.03 Å². The molecule has 4 aromatic rings. The zero-order valence-corrected chi connectivity index (χ0v) is 21.5. The Kier molecular flexibility index (Phi) is 6.77. The van der Waals surface area contributed by atoms with Crippen LogP contribution in [0.4, 0.5) is 10.5 Å². The SMILES string of the molecule is CCOc1ccc(-c2noc(C3=C(C)N(c4ccc(CC)cc4)C(=O)NC3c3ccc(C)cc3)n2)cc1. The number of nitrogens with one attached hydrogen (secondary N) is 1. The van der Waals surface area contributed by atoms with Gasteiger partial charge >= 0.3 is 6.03 Å². The van der Waals surface area contributed by atoms with Gasteiger partial charge in [0, 0.05) is 11.3 Å². The molecule has 37 heavy (non-hydrogen) atoms. The summed E-state index contributed by atoms with van der Waals surface area (Å²) < 4.78 is 11.4. The second-order valence-electron chi connectivity index (χ2n) is 9.03. The van der Waals surface area contributed by atoms with Gasteiger partial charge in [-0.2, -0.15) is 4.98 Å². The topological polar surface area (TPSA) is 80.5 Å². The van der Waals surface area contributed by atoms with Crippen LogP contribution in [0.3, 0.4) is 0 Å². The standard InChI is InChI=1S/C30H30N4O3/c1-5-21-9-15-24(16-10-21)34-20(4)26(27(31-30(34)35)22-11-7-19(3)8-12-22)29-32-28(33-37-29)23-13-17-25(18-14-23)36-6-2/h7-18,27H,5-6H2,1-4H3,(H,31,35). The number of carbonyl (C=O) groups excluding carboxylic acids is 1. The van der Waals surface area contributed by atoms with Gasteiger partial charge in [0.25, 0.3) is 5.89 Å². The molecule has 1 atom stereocenters. The smallest absolute Gasteiger partial charge is 0.326 e. The molecule has 0 spiro atoms. The highest BCUT2D eigenvalue weighted by Gasteiger charge is 2.36. The molecule has 188 valence electrons. The number of anilines is 1. The van der Waals surface area contributed by atoms with Crippen molar-refractivity contribution in [1.29, 1.82) is 0 Å². The van der Waals surface area contributed by atoms with E-state index in [1.165, 1.54) is 5.56 Å². The Balaban J connectivity index is 1.59. The number of nitrogens with zero attached hydrogens (tertiary/aromatic N) is 3. The molecule has 1 aliphatic heterocycles. The molecule has 0 radical (unpaired) electrons. The number of carbonyl (C=O) groups is 1. The van der Waals surface area contributed by atoms with Gasteiger partial charge in [-0.15, -0.1) is 0 Å². The lowest BCUT2D eigenvalue weighted by Gasteiger charge is -2.35. The number of amides is 2. The zero-order valence-electron chi connectivity index (χ0n) is 21.5. The lowest BCUT2D eigenvalue weighted by molar-refractivity contribution is 0.244. The summed E-state index contributed by atoms with van der Waals surface area (Å²) in [6.07, 6.45) is 0.929. The van der Waals surface area contributed by atoms with Crippen molar-refractivity contribution < 1.29 is 14.1 Å². The highest BCUT2D eigenvalue weighted by atomic mass is 16.5. The third-order valence-corrected chi connectivity index (χ3v) is 6.58. The summed E-state index contributed by atoms with van der Waals surface area (Å²) in [5.74, 6) is 1.62. The molecule has 0 saturated heterocycles. The fraction of sp³-hybridized carbons (Fsp3) is 0.233. The molecule has 1 N–H and O–H groups in total. The van der Waals surface area contributed by atoms with Gasteiger partial charge in [-0.25, -0.2) is 4.79 Å². The third kappa shape index (κ3) is 4.85. The van der Waals surface area contributed by atoms with E-state index >= 15 is 0 Å². The van der Waals surface area contributed by atoms with Crippen LogP contribution in [-0.2, 0) is 6.42 Å². The normalized spacial score (nSPS) is 15.6. The Labute approximate surface area is 216 Å². The summed E-state index contributed by atoms with van der Waals surface area (Å²) in [6, 6.07) is 23.0. The quantitative estimate of drug-likeness (QED) is 0.309. The molecule has 0 aliphatic carbocycles. The van der Waals surface area contributed by atoms with Gasteiger partial charge in [0.2, 0.25) is 5.82 Å². The number of urea groups is 1. The van der Waals surface area contributed by atoms with Gasteiger partial charge in [-0.1, -0.05) is 54.0 Å². The predicted molar refractivity (Wildman–Crippen MR) is 144 cm³/mol. The number of hydrogen-bond donors (Lipinski definition) is 1. The minimum atomic E-state index is -0.437. The van der Waals surface area contributed by atoms with Crippen molar-refractivity contribution in [2.24, 2.45) is 0 Å². The summed E-state index contributed by atoms with van der Waals surface area (Å²) in [4.78, 5) is 19.8. The third-order valence-electron chi connectivity index (χ3n) is 6.58. The number of aromatic nitrogens is 2. The first-order valence-electron chi connectivity index (χ1n) is 12.5. The summed E-state index contributed by atoms with van der Waals surface area (Å²) in [7, 11) is 0. The summed E-state index contributed by atoms with van der Waals surface area (Å²) in [6.45, 7) is 8.61. The van der Waals surface area contributed by atoms with Crippen LogP contribution in [0.2, 0.25) is 0 Å². The van der Waals surface area contributed by atoms with Crippen molar-refractivity contribution in [3.63, 3.8) is 0 Å². The Morgan fingerprint density at radius 2 is 1.65 bits per heavy atom. The van der Waals surface area contributed by atoms with Crippen LogP contribution in [0.5, 0.6) is 5.75 Å². The van der Waals surface area contributed by atoms with Gasteiger partial charge in [0.1, 0.15) is 5.75 Å². The Morgan fingerprint density at radius 1 is 0.946 bits per heavy atom. The minimum absolute atomic E-state index is 0.206. The van der Waals surface area contributed by atoms with Gasteiger partial charge in [0.05, 0.1) is 23.9 Å². The molecule has 0 saturated carbocycles. The van der Waals surface area contributed by atoms with E-state index < -0.39 is 6.04 Å². The monoisotopic (exact) mass is 494 g/mol. The number of aryl methyl sites for hydroxylation is 2. The molecule has 0 bridgehead atoms. The molecule has 5 rings (SSSR count). The van der Waals surface area contributed by atoms with E-state index in [1.807, 2.05) is 93.6 Å². The lowest BCUT2D eigenvalue weighted by Crippen LogP contribution is -2.46. The summed E-state index contributed by atoms with van der Waals surface area (Å²) >= 11 is 0. The number of allylic oxidation sites excluding steroid dienone is 1. The van der Waals surface area contributed by atoms with Crippen molar-refractivity contribution in [3.8, 4) is 17.1 Å². The molecule has 3 aromatic carbocycles. The number of hydrogen-bond acceptors (Lipinski definition) is 5. The Hall–Kier alpha value is -4.39. The highest BCUT2D eigenvalue weighted by Crippen LogP contribution is 2.39. The second-order valence-corrected chi connectivity index (χ2v) is 9.03. The van der Waals surface area contributed by atoms with Gasteiger partial charge in [-0.3, -0.25) is 4.90 Å². The van der Waals surface area contributed by atoms with Gasteiger partial charge in [0.15, 0.2) is 0 Å². The summed E-state index contributed by atoms with van der Waals surface area (Å²) in [5.41, 5.74) is 6.37. The summed E-state index contributed by atoms with van der Waals surface area (Å²) in [5, 5.41) is 7.42. The van der Waals surface area contributed by atoms with Crippen LogP contribution in [0.25, 0.3) is 17.0 Å². The molecule has 2 amide bonds. The zero-order chi connectivity index (χ0) is 25.9. The number of ether oxygens (including phenoxy) is 1. The van der Waals surface area contributed by atoms with E-state index in [0.29, 0.717) is 18.3 Å². The van der Waals surface area contributed by atoms with Crippen LogP contribution in [0.1, 0.15) is 49.4 Å². The molecule has 1 unspecified atom stereocenters. The maximum Gasteiger partial charge on any atom is 0.326 e. The maximum atomic E-state index is 13.4. The average Bonchev–Trinajstić information content (AvgIpc) is 3.39. The predicted octanol–water partition coefficient (Wildman–Crippen LogP) is 6.71. The number of benzene rings is 3. The van der Waals surface area contributed by atoms with Gasteiger partial charge < -0.3 is 14.6 Å². The minimum Gasteiger partial charge on any atom is -0.494 e. The second kappa shape index (κ2) is 10.3. The van der Waals surface area contributed by atoms with Crippen molar-refractivity contribution in [2.45, 2.75) is 40.2 Å². The molecule has 7 heteroatoms. The van der Waals surface area contributed by atoms with E-state index in [9.17, 15) is 4.79 Å². The Morgan fingerprint density at radius 3 is 2.30 bits per heavy atom. The van der Waals surface area contributed by atoms with E-state index in [4.69, 9.17) is 14.2 Å². The fourth-order valence-electron chi connectivity index (χ4n) is 4.54. The first-order valence-corrected chi connectivity index (χ1v) is 12.5. The molecule has 2 heterocycles. The Bertz CT molecular complexity index is 1420. The lowest BCUT2D eigenvalue weighted by atomic mass is 9.94. The number of rotatable bonds is 7. The molecular weight excluding hydrogens is 464 g/mol.